The maximum atomic E-state index is 12.7. The fourth-order valence-electron chi connectivity index (χ4n) is 3.75. The van der Waals surface area contributed by atoms with Crippen LogP contribution >= 0.6 is 0 Å². The second-order valence-electron chi connectivity index (χ2n) is 7.29. The summed E-state index contributed by atoms with van der Waals surface area (Å²) in [6, 6.07) is 17.2. The minimum absolute atomic E-state index is 0.132. The third-order valence-electron chi connectivity index (χ3n) is 5.21. The van der Waals surface area contributed by atoms with Crippen LogP contribution in [0.3, 0.4) is 0 Å². The number of hydrogen-bond acceptors (Lipinski definition) is 4. The lowest BCUT2D eigenvalue weighted by atomic mass is 9.97. The monoisotopic (exact) mass is 427 g/mol. The molecule has 0 bridgehead atoms. The van der Waals surface area contributed by atoms with E-state index in [2.05, 4.69) is 4.98 Å². The number of nitrogens with zero attached hydrogens (tertiary/aromatic N) is 2. The van der Waals surface area contributed by atoms with E-state index in [1.807, 2.05) is 53.4 Å². The van der Waals surface area contributed by atoms with Gasteiger partial charge in [-0.05, 0) is 23.3 Å². The Balaban J connectivity index is 1.53. The van der Waals surface area contributed by atoms with Crippen molar-refractivity contribution in [1.29, 1.82) is 0 Å². The molecular formula is C23H20F3N3O2. The van der Waals surface area contributed by atoms with Crippen molar-refractivity contribution >= 4 is 11.6 Å². The van der Waals surface area contributed by atoms with E-state index < -0.39 is 17.6 Å². The highest BCUT2D eigenvalue weighted by Crippen LogP contribution is 2.34. The molecule has 2 aromatic carbocycles. The molecule has 31 heavy (non-hydrogen) atoms. The maximum Gasteiger partial charge on any atom is 0.417 e. The summed E-state index contributed by atoms with van der Waals surface area (Å²) < 4.78 is 43.9. The Morgan fingerprint density at radius 2 is 1.84 bits per heavy atom. The molecule has 1 aliphatic rings. The van der Waals surface area contributed by atoms with Crippen LogP contribution < -0.4 is 15.4 Å². The first-order valence-corrected chi connectivity index (χ1v) is 9.76. The number of carbonyl (C=O) groups excluding carboxylic acids is 1. The van der Waals surface area contributed by atoms with Gasteiger partial charge >= 0.3 is 6.18 Å². The van der Waals surface area contributed by atoms with Gasteiger partial charge in [0, 0.05) is 25.2 Å². The number of aromatic nitrogens is 1. The third-order valence-corrected chi connectivity index (χ3v) is 5.21. The molecule has 1 aliphatic heterocycles. The van der Waals surface area contributed by atoms with Crippen molar-refractivity contribution < 1.29 is 22.7 Å². The summed E-state index contributed by atoms with van der Waals surface area (Å²) in [5.74, 6) is -0.392. The van der Waals surface area contributed by atoms with Gasteiger partial charge in [-0.1, -0.05) is 42.5 Å². The predicted molar refractivity (Wildman–Crippen MR) is 111 cm³/mol. The first-order valence-electron chi connectivity index (χ1n) is 9.76. The van der Waals surface area contributed by atoms with Crippen LogP contribution in [0.4, 0.5) is 18.9 Å². The quantitative estimate of drug-likeness (QED) is 0.650. The zero-order valence-corrected chi connectivity index (χ0v) is 16.5. The van der Waals surface area contributed by atoms with Crippen molar-refractivity contribution in [2.45, 2.75) is 18.7 Å². The first kappa shape index (κ1) is 20.7. The Kier molecular flexibility index (Phi) is 5.54. The van der Waals surface area contributed by atoms with Gasteiger partial charge in [-0.3, -0.25) is 4.79 Å². The van der Waals surface area contributed by atoms with Gasteiger partial charge in [-0.2, -0.15) is 13.2 Å². The summed E-state index contributed by atoms with van der Waals surface area (Å²) in [6.07, 6.45) is -3.32. The Labute approximate surface area is 177 Å². The maximum absolute atomic E-state index is 12.7. The van der Waals surface area contributed by atoms with Crippen molar-refractivity contribution in [2.24, 2.45) is 5.73 Å². The topological polar surface area (TPSA) is 68.5 Å². The number of benzene rings is 2. The van der Waals surface area contributed by atoms with E-state index >= 15 is 0 Å². The number of hydrogen-bond donors (Lipinski definition) is 1. The van der Waals surface area contributed by atoms with E-state index in [9.17, 15) is 18.0 Å². The smallest absolute Gasteiger partial charge is 0.417 e. The van der Waals surface area contributed by atoms with Crippen LogP contribution in [-0.2, 0) is 6.18 Å². The van der Waals surface area contributed by atoms with E-state index in [0.717, 1.165) is 23.4 Å². The zero-order chi connectivity index (χ0) is 22.0. The summed E-state index contributed by atoms with van der Waals surface area (Å²) in [5.41, 5.74) is 7.69. The third kappa shape index (κ3) is 4.47. The van der Waals surface area contributed by atoms with Crippen molar-refractivity contribution in [2.75, 3.05) is 18.0 Å². The van der Waals surface area contributed by atoms with Crippen molar-refractivity contribution in [3.63, 3.8) is 0 Å². The number of halogens is 3. The number of nitrogens with two attached hydrogens (primary N) is 1. The van der Waals surface area contributed by atoms with Gasteiger partial charge < -0.3 is 15.4 Å². The van der Waals surface area contributed by atoms with E-state index in [4.69, 9.17) is 10.5 Å². The highest BCUT2D eigenvalue weighted by Gasteiger charge is 2.31. The van der Waals surface area contributed by atoms with Crippen molar-refractivity contribution in [3.05, 3.63) is 78.0 Å². The summed E-state index contributed by atoms with van der Waals surface area (Å²) in [7, 11) is 0. The molecule has 5 nitrogen and oxygen atoms in total. The van der Waals surface area contributed by atoms with Crippen LogP contribution in [-0.4, -0.2) is 30.1 Å². The predicted octanol–water partition coefficient (Wildman–Crippen LogP) is 4.52. The summed E-state index contributed by atoms with van der Waals surface area (Å²) in [5, 5.41) is 0. The second kappa shape index (κ2) is 8.29. The Bertz CT molecular complexity index is 1070. The molecule has 1 aromatic heterocycles. The summed E-state index contributed by atoms with van der Waals surface area (Å²) in [4.78, 5) is 18.1. The zero-order valence-electron chi connectivity index (χ0n) is 16.5. The second-order valence-corrected chi connectivity index (χ2v) is 7.29. The number of alkyl halides is 3. The van der Waals surface area contributed by atoms with E-state index in [0.29, 0.717) is 30.8 Å². The van der Waals surface area contributed by atoms with Crippen LogP contribution in [0.2, 0.25) is 0 Å². The molecule has 0 radical (unpaired) electrons. The molecule has 1 fully saturated rings. The lowest BCUT2D eigenvalue weighted by molar-refractivity contribution is -0.137. The molecule has 1 unspecified atom stereocenters. The van der Waals surface area contributed by atoms with Gasteiger partial charge in [0.25, 0.3) is 5.91 Å². The molecule has 0 saturated carbocycles. The van der Waals surface area contributed by atoms with Gasteiger partial charge in [0.05, 0.1) is 23.4 Å². The number of ether oxygens (including phenoxy) is 1. The molecule has 2 heterocycles. The fraction of sp³-hybridized carbons (Fsp3) is 0.217. The van der Waals surface area contributed by atoms with E-state index in [1.165, 1.54) is 6.07 Å². The molecule has 8 heteroatoms. The summed E-state index contributed by atoms with van der Waals surface area (Å²) >= 11 is 0. The number of primary amides is 1. The lowest BCUT2D eigenvalue weighted by Gasteiger charge is -2.23. The lowest BCUT2D eigenvalue weighted by Crippen LogP contribution is -2.27. The Hall–Kier alpha value is -3.55. The SMILES string of the molecule is NC(=O)c1c(-c2ccccc2)cccc1N1CCC(Oc2ccc(C(F)(F)F)cn2)C1. The largest absolute Gasteiger partial charge is 0.472 e. The van der Waals surface area contributed by atoms with Crippen LogP contribution in [0.25, 0.3) is 11.1 Å². The standard InChI is InChI=1S/C23H20F3N3O2/c24-23(25,26)16-9-10-20(28-13-16)31-17-11-12-29(14-17)19-8-4-7-18(21(19)22(27)30)15-5-2-1-3-6-15/h1-10,13,17H,11-12,14H2,(H2,27,30). The molecule has 2 N–H and O–H groups in total. The molecule has 1 atom stereocenters. The highest BCUT2D eigenvalue weighted by molar-refractivity contribution is 6.05. The first-order chi connectivity index (χ1) is 14.8. The highest BCUT2D eigenvalue weighted by atomic mass is 19.4. The van der Waals surface area contributed by atoms with Crippen LogP contribution in [0.5, 0.6) is 5.88 Å². The molecular weight excluding hydrogens is 407 g/mol. The molecule has 1 amide bonds. The number of anilines is 1. The number of carbonyl (C=O) groups is 1. The fourth-order valence-corrected chi connectivity index (χ4v) is 3.75. The minimum Gasteiger partial charge on any atom is -0.472 e. The van der Waals surface area contributed by atoms with Gasteiger partial charge in [-0.25, -0.2) is 4.98 Å². The van der Waals surface area contributed by atoms with Gasteiger partial charge in [0.15, 0.2) is 0 Å². The van der Waals surface area contributed by atoms with Crippen LogP contribution in [0.15, 0.2) is 66.9 Å². The van der Waals surface area contributed by atoms with Crippen molar-refractivity contribution in [1.82, 2.24) is 4.98 Å². The van der Waals surface area contributed by atoms with E-state index in [1.54, 1.807) is 0 Å². The molecule has 160 valence electrons. The summed E-state index contributed by atoms with van der Waals surface area (Å²) in [6.45, 7) is 1.07. The minimum atomic E-state index is -4.44. The average molecular weight is 427 g/mol. The normalized spacial score (nSPS) is 16.4. The van der Waals surface area contributed by atoms with Gasteiger partial charge in [0.2, 0.25) is 5.88 Å². The number of amides is 1. The Morgan fingerprint density at radius 1 is 1.06 bits per heavy atom. The molecule has 0 aliphatic carbocycles. The van der Waals surface area contributed by atoms with Crippen LogP contribution in [0, 0.1) is 0 Å². The molecule has 1 saturated heterocycles. The number of rotatable bonds is 5. The van der Waals surface area contributed by atoms with Gasteiger partial charge in [-0.15, -0.1) is 0 Å². The molecule has 3 aromatic rings. The number of pyridine rings is 1. The average Bonchev–Trinajstić information content (AvgIpc) is 3.22. The van der Waals surface area contributed by atoms with Crippen LogP contribution in [0.1, 0.15) is 22.3 Å². The molecule has 4 rings (SSSR count). The van der Waals surface area contributed by atoms with Gasteiger partial charge in [0.1, 0.15) is 6.10 Å². The van der Waals surface area contributed by atoms with E-state index in [-0.39, 0.29) is 12.0 Å². The van der Waals surface area contributed by atoms with Crippen molar-refractivity contribution in [3.8, 4) is 17.0 Å². The molecule has 0 spiro atoms. The Morgan fingerprint density at radius 3 is 2.48 bits per heavy atom.